The zero-order valence-electron chi connectivity index (χ0n) is 10.0. The molecule has 0 bridgehead atoms. The van der Waals surface area contributed by atoms with E-state index in [0.717, 1.165) is 39.0 Å². The number of carbonyl (C=O) groups excluding carboxylic acids is 1. The topological polar surface area (TPSA) is 81.7 Å². The summed E-state index contributed by atoms with van der Waals surface area (Å²) < 4.78 is 0. The maximum absolute atomic E-state index is 11.9. The summed E-state index contributed by atoms with van der Waals surface area (Å²) in [6.45, 7) is 5.18. The van der Waals surface area contributed by atoms with E-state index in [1.807, 2.05) is 0 Å². The number of amides is 2. The number of hydrogen-bond acceptors (Lipinski definition) is 3. The van der Waals surface area contributed by atoms with Gasteiger partial charge in [-0.3, -0.25) is 4.79 Å². The molecule has 0 aromatic rings. The van der Waals surface area contributed by atoms with Crippen LogP contribution in [0.3, 0.4) is 0 Å². The summed E-state index contributed by atoms with van der Waals surface area (Å²) in [5.41, 5.74) is 0.295. The van der Waals surface area contributed by atoms with E-state index >= 15 is 0 Å². The number of carbonyl (C=O) groups is 2. The van der Waals surface area contributed by atoms with Gasteiger partial charge in [0.05, 0.1) is 0 Å². The molecule has 2 rings (SSSR count). The number of nitrogens with zero attached hydrogens (tertiary/aromatic N) is 1. The van der Waals surface area contributed by atoms with Crippen LogP contribution in [0.15, 0.2) is 0 Å². The molecule has 0 saturated carbocycles. The molecule has 2 fully saturated rings. The normalized spacial score (nSPS) is 23.9. The highest BCUT2D eigenvalue weighted by atomic mass is 16.4. The predicted octanol–water partition coefficient (Wildman–Crippen LogP) is -0.145. The standard InChI is InChI=1S/C11H19N3O3/c1-8(13-10(16)17)9(15)14-6-11(7-14)2-4-12-5-3-11/h8,12-13H,2-7H2,1H3,(H,16,17)/t8-/m1/s1. The fourth-order valence-electron chi connectivity index (χ4n) is 2.71. The molecule has 2 heterocycles. The smallest absolute Gasteiger partial charge is 0.405 e. The van der Waals surface area contributed by atoms with Crippen LogP contribution >= 0.6 is 0 Å². The van der Waals surface area contributed by atoms with E-state index in [2.05, 4.69) is 10.6 Å². The third kappa shape index (κ3) is 2.52. The number of hydrogen-bond donors (Lipinski definition) is 3. The number of piperidine rings is 1. The third-order valence-corrected chi connectivity index (χ3v) is 3.74. The van der Waals surface area contributed by atoms with Gasteiger partial charge in [0.25, 0.3) is 0 Å². The minimum atomic E-state index is -1.15. The van der Waals surface area contributed by atoms with Crippen LogP contribution in [0.2, 0.25) is 0 Å². The van der Waals surface area contributed by atoms with Crippen molar-refractivity contribution in [2.24, 2.45) is 5.41 Å². The van der Waals surface area contributed by atoms with E-state index in [1.54, 1.807) is 11.8 Å². The Bertz CT molecular complexity index is 318. The number of carboxylic acid groups (broad SMARTS) is 1. The lowest BCUT2D eigenvalue weighted by molar-refractivity contribution is -0.146. The molecule has 0 aromatic heterocycles. The highest BCUT2D eigenvalue weighted by molar-refractivity contribution is 5.85. The van der Waals surface area contributed by atoms with Crippen LogP contribution in [0, 0.1) is 5.41 Å². The van der Waals surface area contributed by atoms with Gasteiger partial charge in [-0.15, -0.1) is 0 Å². The van der Waals surface area contributed by atoms with Crippen molar-refractivity contribution in [1.29, 1.82) is 0 Å². The van der Waals surface area contributed by atoms with Crippen molar-refractivity contribution in [3.63, 3.8) is 0 Å². The van der Waals surface area contributed by atoms with Gasteiger partial charge >= 0.3 is 6.09 Å². The molecule has 2 saturated heterocycles. The Balaban J connectivity index is 1.82. The maximum Gasteiger partial charge on any atom is 0.405 e. The lowest BCUT2D eigenvalue weighted by Gasteiger charge is -2.53. The van der Waals surface area contributed by atoms with Crippen molar-refractivity contribution in [2.75, 3.05) is 26.2 Å². The fraction of sp³-hybridized carbons (Fsp3) is 0.818. The molecule has 2 aliphatic rings. The van der Waals surface area contributed by atoms with E-state index in [4.69, 9.17) is 5.11 Å². The van der Waals surface area contributed by atoms with Crippen LogP contribution in [-0.2, 0) is 4.79 Å². The van der Waals surface area contributed by atoms with Gasteiger partial charge in [0.15, 0.2) is 0 Å². The molecule has 3 N–H and O–H groups in total. The number of nitrogens with one attached hydrogen (secondary N) is 2. The SMILES string of the molecule is C[C@@H](NC(=O)O)C(=O)N1CC2(CCNCC2)C1. The van der Waals surface area contributed by atoms with Crippen LogP contribution in [0.1, 0.15) is 19.8 Å². The molecule has 2 aliphatic heterocycles. The Morgan fingerprint density at radius 2 is 1.94 bits per heavy atom. The second-order valence-corrected chi connectivity index (χ2v) is 5.12. The summed E-state index contributed by atoms with van der Waals surface area (Å²) >= 11 is 0. The molecule has 0 radical (unpaired) electrons. The van der Waals surface area contributed by atoms with Gasteiger partial charge in [0.2, 0.25) is 5.91 Å². The second-order valence-electron chi connectivity index (χ2n) is 5.12. The van der Waals surface area contributed by atoms with E-state index in [-0.39, 0.29) is 5.91 Å². The predicted molar refractivity (Wildman–Crippen MR) is 61.7 cm³/mol. The van der Waals surface area contributed by atoms with Crippen LogP contribution in [0.5, 0.6) is 0 Å². The van der Waals surface area contributed by atoms with Gasteiger partial charge in [0, 0.05) is 18.5 Å². The van der Waals surface area contributed by atoms with Crippen molar-refractivity contribution in [3.8, 4) is 0 Å². The van der Waals surface area contributed by atoms with Crippen LogP contribution in [0.4, 0.5) is 4.79 Å². The van der Waals surface area contributed by atoms with Crippen LogP contribution in [-0.4, -0.2) is 54.2 Å². The van der Waals surface area contributed by atoms with Gasteiger partial charge in [-0.1, -0.05) is 0 Å². The van der Waals surface area contributed by atoms with Crippen molar-refractivity contribution in [3.05, 3.63) is 0 Å². The first kappa shape index (κ1) is 12.2. The molecule has 0 aliphatic carbocycles. The van der Waals surface area contributed by atoms with E-state index in [1.165, 1.54) is 0 Å². The molecule has 1 spiro atoms. The van der Waals surface area contributed by atoms with Crippen LogP contribution < -0.4 is 10.6 Å². The number of likely N-dealkylation sites (tertiary alicyclic amines) is 1. The van der Waals surface area contributed by atoms with Gasteiger partial charge in [-0.05, 0) is 32.9 Å². The molecule has 96 valence electrons. The summed E-state index contributed by atoms with van der Waals surface area (Å²) in [6.07, 6.45) is 1.07. The van der Waals surface area contributed by atoms with Crippen LogP contribution in [0.25, 0.3) is 0 Å². The summed E-state index contributed by atoms with van der Waals surface area (Å²) in [5, 5.41) is 14.1. The Hall–Kier alpha value is -1.30. The molecular formula is C11H19N3O3. The first-order chi connectivity index (χ1) is 8.02. The third-order valence-electron chi connectivity index (χ3n) is 3.74. The average molecular weight is 241 g/mol. The minimum absolute atomic E-state index is 0.114. The lowest BCUT2D eigenvalue weighted by Crippen LogP contribution is -2.64. The summed E-state index contributed by atoms with van der Waals surface area (Å²) in [5.74, 6) is -0.114. The Morgan fingerprint density at radius 3 is 2.47 bits per heavy atom. The summed E-state index contributed by atoms with van der Waals surface area (Å²) in [4.78, 5) is 24.1. The van der Waals surface area contributed by atoms with Gasteiger partial charge in [-0.25, -0.2) is 4.79 Å². The van der Waals surface area contributed by atoms with E-state index < -0.39 is 12.1 Å². The van der Waals surface area contributed by atoms with E-state index in [9.17, 15) is 9.59 Å². The molecule has 17 heavy (non-hydrogen) atoms. The Kier molecular flexibility index (Phi) is 3.24. The molecule has 0 aromatic carbocycles. The molecule has 2 amide bonds. The van der Waals surface area contributed by atoms with Crippen molar-refractivity contribution in [2.45, 2.75) is 25.8 Å². The second kappa shape index (κ2) is 4.52. The Morgan fingerprint density at radius 1 is 1.35 bits per heavy atom. The van der Waals surface area contributed by atoms with Gasteiger partial charge < -0.3 is 20.6 Å². The molecule has 0 unspecified atom stereocenters. The Labute approximate surface area is 100 Å². The molecular weight excluding hydrogens is 222 g/mol. The highest BCUT2D eigenvalue weighted by Crippen LogP contribution is 2.38. The zero-order valence-corrected chi connectivity index (χ0v) is 10.0. The molecule has 1 atom stereocenters. The van der Waals surface area contributed by atoms with Crippen molar-refractivity contribution < 1.29 is 14.7 Å². The van der Waals surface area contributed by atoms with Gasteiger partial charge in [-0.2, -0.15) is 0 Å². The summed E-state index contributed by atoms with van der Waals surface area (Å²) in [6, 6.07) is -0.647. The van der Waals surface area contributed by atoms with Crippen molar-refractivity contribution >= 4 is 12.0 Å². The van der Waals surface area contributed by atoms with E-state index in [0.29, 0.717) is 5.41 Å². The molecule has 6 heteroatoms. The number of rotatable bonds is 2. The molecule has 6 nitrogen and oxygen atoms in total. The minimum Gasteiger partial charge on any atom is -0.465 e. The fourth-order valence-corrected chi connectivity index (χ4v) is 2.71. The average Bonchev–Trinajstić information content (AvgIpc) is 2.25. The zero-order chi connectivity index (χ0) is 12.5. The van der Waals surface area contributed by atoms with Gasteiger partial charge in [0.1, 0.15) is 6.04 Å². The maximum atomic E-state index is 11.9. The first-order valence-corrected chi connectivity index (χ1v) is 6.01. The first-order valence-electron chi connectivity index (χ1n) is 6.01. The highest BCUT2D eigenvalue weighted by Gasteiger charge is 2.46. The van der Waals surface area contributed by atoms with Crippen molar-refractivity contribution in [1.82, 2.24) is 15.5 Å². The monoisotopic (exact) mass is 241 g/mol. The largest absolute Gasteiger partial charge is 0.465 e. The quantitative estimate of drug-likeness (QED) is 0.628. The lowest BCUT2D eigenvalue weighted by atomic mass is 9.72. The summed E-state index contributed by atoms with van der Waals surface area (Å²) in [7, 11) is 0.